The van der Waals surface area contributed by atoms with Gasteiger partial charge in [-0.1, -0.05) is 17.7 Å². The minimum Gasteiger partial charge on any atom is -0.506 e. The molecule has 86 valence electrons. The van der Waals surface area contributed by atoms with Crippen LogP contribution in [0.15, 0.2) is 18.2 Å². The highest BCUT2D eigenvalue weighted by molar-refractivity contribution is 6.32. The maximum Gasteiger partial charge on any atom is 0.311 e. The normalized spacial score (nSPS) is 12.1. The van der Waals surface area contributed by atoms with E-state index in [4.69, 9.17) is 26.9 Å². The number of carboxylic acid groups (broad SMARTS) is 2. The van der Waals surface area contributed by atoms with Crippen LogP contribution in [-0.2, 0) is 9.59 Å². The summed E-state index contributed by atoms with van der Waals surface area (Å²) in [4.78, 5) is 21.4. The molecule has 0 fully saturated rings. The number of carboxylic acids is 2. The zero-order valence-corrected chi connectivity index (χ0v) is 8.81. The van der Waals surface area contributed by atoms with E-state index in [9.17, 15) is 9.59 Å². The zero-order chi connectivity index (χ0) is 12.3. The van der Waals surface area contributed by atoms with Crippen molar-refractivity contribution in [3.05, 3.63) is 28.8 Å². The lowest BCUT2D eigenvalue weighted by Crippen LogP contribution is -2.15. The first-order valence-corrected chi connectivity index (χ1v) is 4.72. The fourth-order valence-corrected chi connectivity index (χ4v) is 1.45. The summed E-state index contributed by atoms with van der Waals surface area (Å²) in [7, 11) is 0. The molecule has 0 heterocycles. The van der Waals surface area contributed by atoms with Crippen LogP contribution in [0.25, 0.3) is 0 Å². The standard InChI is InChI=1S/C10H9ClO5/c11-7-3-5(1-2-8(7)12)6(10(15)16)4-9(13)14/h1-3,6,12H,4H2,(H,13,14)(H,15,16). The number of hydrogen-bond donors (Lipinski definition) is 3. The Bertz CT molecular complexity index is 429. The van der Waals surface area contributed by atoms with E-state index in [2.05, 4.69) is 0 Å². The van der Waals surface area contributed by atoms with Gasteiger partial charge in [-0.2, -0.15) is 0 Å². The van der Waals surface area contributed by atoms with Crippen molar-refractivity contribution in [1.29, 1.82) is 0 Å². The Kier molecular flexibility index (Phi) is 3.73. The average Bonchev–Trinajstić information content (AvgIpc) is 2.18. The van der Waals surface area contributed by atoms with E-state index in [0.29, 0.717) is 0 Å². The second-order valence-corrected chi connectivity index (χ2v) is 3.61. The van der Waals surface area contributed by atoms with Crippen LogP contribution >= 0.6 is 11.6 Å². The van der Waals surface area contributed by atoms with Crippen molar-refractivity contribution < 1.29 is 24.9 Å². The van der Waals surface area contributed by atoms with E-state index < -0.39 is 24.3 Å². The Balaban J connectivity index is 3.06. The number of carbonyl (C=O) groups is 2. The van der Waals surface area contributed by atoms with Crippen LogP contribution in [0.3, 0.4) is 0 Å². The number of phenols is 1. The summed E-state index contributed by atoms with van der Waals surface area (Å²) in [6.07, 6.45) is -0.531. The van der Waals surface area contributed by atoms with Gasteiger partial charge in [-0.3, -0.25) is 9.59 Å². The second kappa shape index (κ2) is 4.85. The minimum absolute atomic E-state index is 0.00543. The van der Waals surface area contributed by atoms with E-state index in [1.165, 1.54) is 18.2 Å². The third-order valence-electron chi connectivity index (χ3n) is 2.05. The van der Waals surface area contributed by atoms with Crippen molar-refractivity contribution >= 4 is 23.5 Å². The monoisotopic (exact) mass is 244 g/mol. The molecule has 6 heteroatoms. The van der Waals surface area contributed by atoms with E-state index in [-0.39, 0.29) is 16.3 Å². The molecule has 0 radical (unpaired) electrons. The van der Waals surface area contributed by atoms with Crippen LogP contribution in [0.1, 0.15) is 17.9 Å². The maximum atomic E-state index is 10.9. The van der Waals surface area contributed by atoms with Crippen LogP contribution in [0.5, 0.6) is 5.75 Å². The Morgan fingerprint density at radius 2 is 1.94 bits per heavy atom. The Hall–Kier alpha value is -1.75. The lowest BCUT2D eigenvalue weighted by atomic mass is 9.96. The van der Waals surface area contributed by atoms with Gasteiger partial charge >= 0.3 is 11.9 Å². The van der Waals surface area contributed by atoms with Crippen molar-refractivity contribution in [3.8, 4) is 5.75 Å². The van der Waals surface area contributed by atoms with Gasteiger partial charge in [-0.25, -0.2) is 0 Å². The Morgan fingerprint density at radius 1 is 1.31 bits per heavy atom. The topological polar surface area (TPSA) is 94.8 Å². The summed E-state index contributed by atoms with van der Waals surface area (Å²) >= 11 is 5.61. The fraction of sp³-hybridized carbons (Fsp3) is 0.200. The van der Waals surface area contributed by atoms with Gasteiger partial charge in [0.05, 0.1) is 17.4 Å². The molecule has 1 aromatic carbocycles. The van der Waals surface area contributed by atoms with Gasteiger partial charge in [0.15, 0.2) is 0 Å². The summed E-state index contributed by atoms with van der Waals surface area (Å²) < 4.78 is 0. The largest absolute Gasteiger partial charge is 0.506 e. The zero-order valence-electron chi connectivity index (χ0n) is 8.05. The number of hydrogen-bond acceptors (Lipinski definition) is 3. The van der Waals surface area contributed by atoms with Crippen LogP contribution in [0, 0.1) is 0 Å². The highest BCUT2D eigenvalue weighted by Gasteiger charge is 2.23. The van der Waals surface area contributed by atoms with Crippen LogP contribution in [-0.4, -0.2) is 27.3 Å². The van der Waals surface area contributed by atoms with Crippen molar-refractivity contribution in [2.75, 3.05) is 0 Å². The molecule has 0 bridgehead atoms. The van der Waals surface area contributed by atoms with Gasteiger partial charge < -0.3 is 15.3 Å². The second-order valence-electron chi connectivity index (χ2n) is 3.20. The quantitative estimate of drug-likeness (QED) is 0.749. The van der Waals surface area contributed by atoms with Crippen molar-refractivity contribution in [1.82, 2.24) is 0 Å². The smallest absolute Gasteiger partial charge is 0.311 e. The van der Waals surface area contributed by atoms with Gasteiger partial charge in [0, 0.05) is 0 Å². The molecule has 0 aliphatic heterocycles. The summed E-state index contributed by atoms with van der Waals surface area (Å²) in [5.74, 6) is -3.80. The lowest BCUT2D eigenvalue weighted by Gasteiger charge is -2.10. The molecule has 0 aromatic heterocycles. The molecule has 1 atom stereocenters. The van der Waals surface area contributed by atoms with Crippen LogP contribution in [0.4, 0.5) is 0 Å². The summed E-state index contributed by atoms with van der Waals surface area (Å²) in [6.45, 7) is 0. The molecule has 3 N–H and O–H groups in total. The van der Waals surface area contributed by atoms with Gasteiger partial charge in [0.2, 0.25) is 0 Å². The predicted molar refractivity (Wildman–Crippen MR) is 55.7 cm³/mol. The van der Waals surface area contributed by atoms with E-state index in [1.807, 2.05) is 0 Å². The number of phenolic OH excluding ortho intramolecular Hbond substituents is 1. The molecule has 0 amide bonds. The molecule has 5 nitrogen and oxygen atoms in total. The average molecular weight is 245 g/mol. The number of rotatable bonds is 4. The molecular formula is C10H9ClO5. The minimum atomic E-state index is -1.25. The molecule has 0 saturated heterocycles. The third-order valence-corrected chi connectivity index (χ3v) is 2.35. The molecule has 0 saturated carbocycles. The molecular weight excluding hydrogens is 236 g/mol. The Labute approximate surface area is 95.9 Å². The van der Waals surface area contributed by atoms with E-state index >= 15 is 0 Å². The first-order chi connectivity index (χ1) is 7.41. The molecule has 1 aromatic rings. The molecule has 16 heavy (non-hydrogen) atoms. The van der Waals surface area contributed by atoms with Crippen LogP contribution in [0.2, 0.25) is 5.02 Å². The highest BCUT2D eigenvalue weighted by Crippen LogP contribution is 2.29. The molecule has 1 rings (SSSR count). The van der Waals surface area contributed by atoms with E-state index in [0.717, 1.165) is 0 Å². The highest BCUT2D eigenvalue weighted by atomic mass is 35.5. The first-order valence-electron chi connectivity index (χ1n) is 4.35. The van der Waals surface area contributed by atoms with E-state index in [1.54, 1.807) is 0 Å². The summed E-state index contributed by atoms with van der Waals surface area (Å²) in [6, 6.07) is 3.82. The number of halogens is 1. The lowest BCUT2D eigenvalue weighted by molar-refractivity contribution is -0.145. The third kappa shape index (κ3) is 2.87. The van der Waals surface area contributed by atoms with Crippen molar-refractivity contribution in [2.24, 2.45) is 0 Å². The number of aliphatic carboxylic acids is 2. The SMILES string of the molecule is O=C(O)CC(C(=O)O)c1ccc(O)c(Cl)c1. The van der Waals surface area contributed by atoms with Gasteiger partial charge in [0.1, 0.15) is 5.75 Å². The molecule has 1 unspecified atom stereocenters. The fourth-order valence-electron chi connectivity index (χ4n) is 1.26. The molecule has 0 aliphatic carbocycles. The predicted octanol–water partition coefficient (Wildman–Crippen LogP) is 1.69. The maximum absolute atomic E-state index is 10.9. The van der Waals surface area contributed by atoms with Gasteiger partial charge in [-0.05, 0) is 17.7 Å². The molecule has 0 aliphatic rings. The van der Waals surface area contributed by atoms with Gasteiger partial charge in [-0.15, -0.1) is 0 Å². The van der Waals surface area contributed by atoms with Crippen molar-refractivity contribution in [2.45, 2.75) is 12.3 Å². The summed E-state index contributed by atoms with van der Waals surface area (Å²) in [5.41, 5.74) is 0.248. The summed E-state index contributed by atoms with van der Waals surface area (Å²) in [5, 5.41) is 26.6. The number of benzene rings is 1. The first kappa shape index (κ1) is 12.3. The number of aromatic hydroxyl groups is 1. The van der Waals surface area contributed by atoms with Crippen LogP contribution < -0.4 is 0 Å². The van der Waals surface area contributed by atoms with Gasteiger partial charge in [0.25, 0.3) is 0 Å². The Morgan fingerprint density at radius 3 is 2.38 bits per heavy atom. The van der Waals surface area contributed by atoms with Crippen molar-refractivity contribution in [3.63, 3.8) is 0 Å². The molecule has 0 spiro atoms.